The second kappa shape index (κ2) is 4.40. The summed E-state index contributed by atoms with van der Waals surface area (Å²) in [4.78, 5) is 8.34. The third-order valence-electron chi connectivity index (χ3n) is 2.27. The van der Waals surface area contributed by atoms with Gasteiger partial charge in [0.2, 0.25) is 5.82 Å². The van der Waals surface area contributed by atoms with Gasteiger partial charge in [-0.2, -0.15) is 4.98 Å². The minimum Gasteiger partial charge on any atom is -0.375 e. The summed E-state index contributed by atoms with van der Waals surface area (Å²) in [5, 5.41) is 6.80. The maximum Gasteiger partial charge on any atom is 0.277 e. The topological polar surface area (TPSA) is 77.8 Å². The van der Waals surface area contributed by atoms with Crippen molar-refractivity contribution < 1.29 is 4.52 Å². The minimum absolute atomic E-state index is 0.355. The summed E-state index contributed by atoms with van der Waals surface area (Å²) in [7, 11) is 0. The van der Waals surface area contributed by atoms with E-state index >= 15 is 0 Å². The molecule has 2 aromatic heterocycles. The van der Waals surface area contributed by atoms with Gasteiger partial charge >= 0.3 is 0 Å². The molecule has 90 valence electrons. The Kier molecular flexibility index (Phi) is 2.73. The summed E-state index contributed by atoms with van der Waals surface area (Å²) in [6.07, 6.45) is 0. The first-order valence-electron chi connectivity index (χ1n) is 5.03. The maximum atomic E-state index is 5.82. The lowest BCUT2D eigenvalue weighted by molar-refractivity contribution is 0.431. The number of nitrogens with zero attached hydrogens (tertiary/aromatic N) is 3. The van der Waals surface area contributed by atoms with Crippen LogP contribution in [0.25, 0.3) is 23.0 Å². The quantitative estimate of drug-likeness (QED) is 0.779. The summed E-state index contributed by atoms with van der Waals surface area (Å²) in [5.41, 5.74) is 6.97. The van der Waals surface area contributed by atoms with Gasteiger partial charge in [0.25, 0.3) is 5.89 Å². The number of nitrogens with two attached hydrogens (primary N) is 1. The Morgan fingerprint density at radius 1 is 1.17 bits per heavy atom. The van der Waals surface area contributed by atoms with Crippen LogP contribution >= 0.6 is 22.9 Å². The number of thiazole rings is 1. The lowest BCUT2D eigenvalue weighted by atomic mass is 10.2. The molecule has 5 nitrogen and oxygen atoms in total. The van der Waals surface area contributed by atoms with Crippen molar-refractivity contribution in [3.8, 4) is 23.0 Å². The standard InChI is InChI=1S/C11H7ClN4OS/c12-7-3-1-6(2-4-7)9-15-10(17-16-9)8-5-18-11(13)14-8/h1-5H,(H2,13,14). The third-order valence-corrected chi connectivity index (χ3v) is 3.20. The van der Waals surface area contributed by atoms with Crippen molar-refractivity contribution in [2.24, 2.45) is 0 Å². The minimum atomic E-state index is 0.355. The predicted octanol–water partition coefficient (Wildman–Crippen LogP) is 3.10. The Labute approximate surface area is 111 Å². The van der Waals surface area contributed by atoms with Gasteiger partial charge < -0.3 is 10.3 Å². The smallest absolute Gasteiger partial charge is 0.277 e. The van der Waals surface area contributed by atoms with Crippen LogP contribution in [-0.4, -0.2) is 15.1 Å². The molecule has 18 heavy (non-hydrogen) atoms. The normalized spacial score (nSPS) is 10.7. The average molecular weight is 279 g/mol. The van der Waals surface area contributed by atoms with Crippen molar-refractivity contribution >= 4 is 28.1 Å². The van der Waals surface area contributed by atoms with E-state index < -0.39 is 0 Å². The molecular weight excluding hydrogens is 272 g/mol. The summed E-state index contributed by atoms with van der Waals surface area (Å²) >= 11 is 7.14. The van der Waals surface area contributed by atoms with E-state index in [2.05, 4.69) is 15.1 Å². The van der Waals surface area contributed by atoms with E-state index in [1.165, 1.54) is 11.3 Å². The van der Waals surface area contributed by atoms with Gasteiger partial charge in [-0.3, -0.25) is 0 Å². The highest BCUT2D eigenvalue weighted by atomic mass is 35.5. The van der Waals surface area contributed by atoms with Gasteiger partial charge in [-0.05, 0) is 24.3 Å². The lowest BCUT2D eigenvalue weighted by Crippen LogP contribution is -1.83. The molecule has 0 aliphatic rings. The van der Waals surface area contributed by atoms with Crippen molar-refractivity contribution in [3.05, 3.63) is 34.7 Å². The lowest BCUT2D eigenvalue weighted by Gasteiger charge is -1.92. The Morgan fingerprint density at radius 3 is 2.61 bits per heavy atom. The molecule has 2 N–H and O–H groups in total. The van der Waals surface area contributed by atoms with Gasteiger partial charge in [-0.15, -0.1) is 11.3 Å². The number of anilines is 1. The number of rotatable bonds is 2. The van der Waals surface area contributed by atoms with Gasteiger partial charge in [-0.1, -0.05) is 16.8 Å². The fraction of sp³-hybridized carbons (Fsp3) is 0. The SMILES string of the molecule is Nc1nc(-c2nc(-c3ccc(Cl)cc3)no2)cs1. The monoisotopic (exact) mass is 278 g/mol. The van der Waals surface area contributed by atoms with E-state index in [1.807, 2.05) is 12.1 Å². The summed E-state index contributed by atoms with van der Waals surface area (Å²) in [6.45, 7) is 0. The Morgan fingerprint density at radius 2 is 1.94 bits per heavy atom. The van der Waals surface area contributed by atoms with E-state index in [-0.39, 0.29) is 0 Å². The molecule has 0 unspecified atom stereocenters. The van der Waals surface area contributed by atoms with Crippen LogP contribution in [0.3, 0.4) is 0 Å². The van der Waals surface area contributed by atoms with Crippen LogP contribution in [0.1, 0.15) is 0 Å². The summed E-state index contributed by atoms with van der Waals surface area (Å²) in [6, 6.07) is 7.19. The third kappa shape index (κ3) is 2.07. The highest BCUT2D eigenvalue weighted by Gasteiger charge is 2.12. The predicted molar refractivity (Wildman–Crippen MR) is 70.3 cm³/mol. The van der Waals surface area contributed by atoms with Crippen LogP contribution in [0.2, 0.25) is 5.02 Å². The van der Waals surface area contributed by atoms with Crippen LogP contribution in [-0.2, 0) is 0 Å². The van der Waals surface area contributed by atoms with Gasteiger partial charge in [0, 0.05) is 16.0 Å². The van der Waals surface area contributed by atoms with Crippen molar-refractivity contribution in [1.29, 1.82) is 0 Å². The van der Waals surface area contributed by atoms with Crippen LogP contribution in [0, 0.1) is 0 Å². The van der Waals surface area contributed by atoms with E-state index in [1.54, 1.807) is 17.5 Å². The molecule has 0 radical (unpaired) electrons. The van der Waals surface area contributed by atoms with Crippen LogP contribution in [0.4, 0.5) is 5.13 Å². The first kappa shape index (κ1) is 11.2. The molecule has 3 aromatic rings. The molecule has 2 heterocycles. The highest BCUT2D eigenvalue weighted by molar-refractivity contribution is 7.13. The number of aromatic nitrogens is 3. The van der Waals surface area contributed by atoms with Gasteiger partial charge in [0.1, 0.15) is 5.69 Å². The maximum absolute atomic E-state index is 5.82. The fourth-order valence-corrected chi connectivity index (χ4v) is 2.09. The van der Waals surface area contributed by atoms with E-state index in [0.29, 0.717) is 27.6 Å². The number of benzene rings is 1. The molecule has 0 spiro atoms. The number of hydrogen-bond acceptors (Lipinski definition) is 6. The molecule has 1 aromatic carbocycles. The first-order chi connectivity index (χ1) is 8.72. The number of hydrogen-bond donors (Lipinski definition) is 1. The Bertz CT molecular complexity index is 676. The van der Waals surface area contributed by atoms with Crippen LogP contribution < -0.4 is 5.73 Å². The molecule has 0 aliphatic heterocycles. The van der Waals surface area contributed by atoms with E-state index in [9.17, 15) is 0 Å². The Balaban J connectivity index is 1.96. The van der Waals surface area contributed by atoms with E-state index in [4.69, 9.17) is 21.9 Å². The van der Waals surface area contributed by atoms with Crippen LogP contribution in [0.5, 0.6) is 0 Å². The zero-order valence-electron chi connectivity index (χ0n) is 9.00. The van der Waals surface area contributed by atoms with Crippen molar-refractivity contribution in [1.82, 2.24) is 15.1 Å². The molecule has 0 amide bonds. The highest BCUT2D eigenvalue weighted by Crippen LogP contribution is 2.25. The zero-order valence-corrected chi connectivity index (χ0v) is 10.6. The van der Waals surface area contributed by atoms with Crippen LogP contribution in [0.15, 0.2) is 34.2 Å². The number of halogens is 1. The summed E-state index contributed by atoms with van der Waals surface area (Å²) < 4.78 is 5.14. The second-order valence-electron chi connectivity index (χ2n) is 3.50. The van der Waals surface area contributed by atoms with Crippen molar-refractivity contribution in [2.45, 2.75) is 0 Å². The number of nitrogen functional groups attached to an aromatic ring is 1. The average Bonchev–Trinajstić information content (AvgIpc) is 2.98. The molecule has 3 rings (SSSR count). The second-order valence-corrected chi connectivity index (χ2v) is 4.83. The molecule has 0 saturated heterocycles. The van der Waals surface area contributed by atoms with E-state index in [0.717, 1.165) is 5.56 Å². The Hall–Kier alpha value is -1.92. The molecule has 7 heteroatoms. The first-order valence-corrected chi connectivity index (χ1v) is 6.29. The van der Waals surface area contributed by atoms with Gasteiger partial charge in [0.05, 0.1) is 0 Å². The summed E-state index contributed by atoms with van der Waals surface area (Å²) in [5.74, 6) is 0.848. The molecule has 0 atom stereocenters. The zero-order chi connectivity index (χ0) is 12.5. The molecule has 0 bridgehead atoms. The van der Waals surface area contributed by atoms with Gasteiger partial charge in [-0.25, -0.2) is 4.98 Å². The molecule has 0 saturated carbocycles. The van der Waals surface area contributed by atoms with Gasteiger partial charge in [0.15, 0.2) is 5.13 Å². The van der Waals surface area contributed by atoms with Crippen molar-refractivity contribution in [2.75, 3.05) is 5.73 Å². The fourth-order valence-electron chi connectivity index (χ4n) is 1.43. The molecule has 0 fully saturated rings. The van der Waals surface area contributed by atoms with Crippen molar-refractivity contribution in [3.63, 3.8) is 0 Å². The molecular formula is C11H7ClN4OS. The largest absolute Gasteiger partial charge is 0.375 e. The molecule has 0 aliphatic carbocycles.